The summed E-state index contributed by atoms with van der Waals surface area (Å²) >= 11 is 0. The van der Waals surface area contributed by atoms with E-state index >= 15 is 0 Å². The van der Waals surface area contributed by atoms with Gasteiger partial charge in [0.25, 0.3) is 0 Å². The van der Waals surface area contributed by atoms with E-state index in [1.54, 1.807) is 11.7 Å². The van der Waals surface area contributed by atoms with Crippen molar-refractivity contribution in [3.8, 4) is 0 Å². The van der Waals surface area contributed by atoms with Gasteiger partial charge in [-0.3, -0.25) is 4.68 Å². The first-order chi connectivity index (χ1) is 6.88. The number of alkyl halides is 3. The number of nitrogens with one attached hydrogen (secondary N) is 1. The molecule has 15 heavy (non-hydrogen) atoms. The van der Waals surface area contributed by atoms with E-state index in [4.69, 9.17) is 0 Å². The van der Waals surface area contributed by atoms with Gasteiger partial charge in [-0.15, -0.1) is 0 Å². The summed E-state index contributed by atoms with van der Waals surface area (Å²) in [4.78, 5) is 0. The molecule has 86 valence electrons. The summed E-state index contributed by atoms with van der Waals surface area (Å²) in [6.07, 6.45) is -4.89. The Morgan fingerprint density at radius 1 is 1.47 bits per heavy atom. The Hall–Kier alpha value is -1.04. The van der Waals surface area contributed by atoms with Crippen LogP contribution in [0, 0.1) is 6.92 Å². The average molecular weight is 221 g/mol. The number of nitrogens with zero attached hydrogens (tertiary/aromatic N) is 2. The first-order valence-corrected chi connectivity index (χ1v) is 4.65. The van der Waals surface area contributed by atoms with Crippen molar-refractivity contribution in [1.29, 1.82) is 0 Å². The third kappa shape index (κ3) is 4.33. The molecule has 0 aliphatic heterocycles. The van der Waals surface area contributed by atoms with E-state index in [0.717, 1.165) is 11.4 Å². The van der Waals surface area contributed by atoms with Gasteiger partial charge < -0.3 is 5.32 Å². The second-order valence-electron chi connectivity index (χ2n) is 3.44. The van der Waals surface area contributed by atoms with Gasteiger partial charge in [-0.05, 0) is 13.0 Å². The van der Waals surface area contributed by atoms with Gasteiger partial charge in [-0.25, -0.2) is 0 Å². The molecule has 1 N–H and O–H groups in total. The number of hydrogen-bond donors (Lipinski definition) is 1. The molecular weight excluding hydrogens is 207 g/mol. The largest absolute Gasteiger partial charge is 0.390 e. The quantitative estimate of drug-likeness (QED) is 0.785. The third-order valence-corrected chi connectivity index (χ3v) is 1.99. The maximum atomic E-state index is 11.8. The van der Waals surface area contributed by atoms with Crippen molar-refractivity contribution in [3.63, 3.8) is 0 Å². The van der Waals surface area contributed by atoms with E-state index in [-0.39, 0.29) is 6.54 Å². The predicted molar refractivity (Wildman–Crippen MR) is 50.3 cm³/mol. The van der Waals surface area contributed by atoms with Crippen LogP contribution >= 0.6 is 0 Å². The Balaban J connectivity index is 2.29. The standard InChI is InChI=1S/C9H14F3N3/c1-7-5-8(15(2)14-7)6-13-4-3-9(10,11)12/h5,13H,3-4,6H2,1-2H3. The maximum Gasteiger partial charge on any atom is 0.390 e. The van der Waals surface area contributed by atoms with Crippen LogP contribution in [0.1, 0.15) is 17.8 Å². The third-order valence-electron chi connectivity index (χ3n) is 1.99. The van der Waals surface area contributed by atoms with Crippen LogP contribution in [-0.2, 0) is 13.6 Å². The molecule has 1 rings (SSSR count). The minimum absolute atomic E-state index is 0.0618. The lowest BCUT2D eigenvalue weighted by atomic mass is 10.3. The molecule has 1 aromatic heterocycles. The maximum absolute atomic E-state index is 11.8. The molecule has 0 radical (unpaired) electrons. The minimum Gasteiger partial charge on any atom is -0.311 e. The second-order valence-corrected chi connectivity index (χ2v) is 3.44. The second kappa shape index (κ2) is 4.65. The van der Waals surface area contributed by atoms with E-state index < -0.39 is 12.6 Å². The van der Waals surface area contributed by atoms with Crippen LogP contribution in [0.5, 0.6) is 0 Å². The molecule has 0 bridgehead atoms. The zero-order chi connectivity index (χ0) is 11.5. The highest BCUT2D eigenvalue weighted by atomic mass is 19.4. The minimum atomic E-state index is -4.09. The molecule has 0 fully saturated rings. The Labute approximate surface area is 86.3 Å². The molecule has 0 amide bonds. The van der Waals surface area contributed by atoms with Crippen molar-refractivity contribution in [1.82, 2.24) is 15.1 Å². The molecule has 6 heteroatoms. The molecular formula is C9H14F3N3. The summed E-state index contributed by atoms with van der Waals surface area (Å²) in [5.74, 6) is 0. The van der Waals surface area contributed by atoms with E-state index in [1.807, 2.05) is 13.0 Å². The van der Waals surface area contributed by atoms with Gasteiger partial charge in [0, 0.05) is 20.1 Å². The van der Waals surface area contributed by atoms with E-state index in [0.29, 0.717) is 6.54 Å². The molecule has 0 saturated carbocycles. The number of aryl methyl sites for hydroxylation is 2. The molecule has 1 aromatic rings. The van der Waals surface area contributed by atoms with Crippen molar-refractivity contribution in [2.45, 2.75) is 26.1 Å². The van der Waals surface area contributed by atoms with E-state index in [9.17, 15) is 13.2 Å². The zero-order valence-electron chi connectivity index (χ0n) is 8.73. The first-order valence-electron chi connectivity index (χ1n) is 4.65. The molecule has 0 spiro atoms. The number of rotatable bonds is 4. The van der Waals surface area contributed by atoms with Crippen molar-refractivity contribution in [3.05, 3.63) is 17.5 Å². The van der Waals surface area contributed by atoms with Crippen LogP contribution in [0.3, 0.4) is 0 Å². The van der Waals surface area contributed by atoms with Crippen LogP contribution in [0.4, 0.5) is 13.2 Å². The summed E-state index contributed by atoms with van der Waals surface area (Å²) in [5, 5.41) is 6.82. The van der Waals surface area contributed by atoms with Crippen LogP contribution in [0.2, 0.25) is 0 Å². The summed E-state index contributed by atoms with van der Waals surface area (Å²) in [5.41, 5.74) is 1.75. The van der Waals surface area contributed by atoms with Crippen LogP contribution in [0.25, 0.3) is 0 Å². The normalized spacial score (nSPS) is 12.1. The van der Waals surface area contributed by atoms with Gasteiger partial charge in [-0.2, -0.15) is 18.3 Å². The Morgan fingerprint density at radius 2 is 2.13 bits per heavy atom. The fourth-order valence-electron chi connectivity index (χ4n) is 1.28. The fraction of sp³-hybridized carbons (Fsp3) is 0.667. The van der Waals surface area contributed by atoms with Crippen molar-refractivity contribution < 1.29 is 13.2 Å². The Kier molecular flexibility index (Phi) is 3.73. The molecule has 3 nitrogen and oxygen atoms in total. The molecule has 0 aromatic carbocycles. The van der Waals surface area contributed by atoms with Gasteiger partial charge in [0.1, 0.15) is 0 Å². The molecule has 0 saturated heterocycles. The van der Waals surface area contributed by atoms with Gasteiger partial charge in [0.2, 0.25) is 0 Å². The lowest BCUT2D eigenvalue weighted by Crippen LogP contribution is -2.22. The summed E-state index contributed by atoms with van der Waals surface area (Å²) in [6, 6.07) is 1.85. The SMILES string of the molecule is Cc1cc(CNCCC(F)(F)F)n(C)n1. The summed E-state index contributed by atoms with van der Waals surface area (Å²) in [6.45, 7) is 2.19. The summed E-state index contributed by atoms with van der Waals surface area (Å²) < 4.78 is 37.1. The lowest BCUT2D eigenvalue weighted by molar-refractivity contribution is -0.133. The molecule has 0 atom stereocenters. The van der Waals surface area contributed by atoms with Crippen molar-refractivity contribution in [2.24, 2.45) is 7.05 Å². The molecule has 1 heterocycles. The highest BCUT2D eigenvalue weighted by Gasteiger charge is 2.25. The van der Waals surface area contributed by atoms with Gasteiger partial charge in [0.15, 0.2) is 0 Å². The predicted octanol–water partition coefficient (Wildman–Crippen LogP) is 1.77. The van der Waals surface area contributed by atoms with Crippen molar-refractivity contribution >= 4 is 0 Å². The monoisotopic (exact) mass is 221 g/mol. The van der Waals surface area contributed by atoms with E-state index in [1.165, 1.54) is 0 Å². The number of hydrogen-bond acceptors (Lipinski definition) is 2. The van der Waals surface area contributed by atoms with Crippen LogP contribution < -0.4 is 5.32 Å². The highest BCUT2D eigenvalue weighted by molar-refractivity contribution is 5.08. The number of aromatic nitrogens is 2. The van der Waals surface area contributed by atoms with Crippen molar-refractivity contribution in [2.75, 3.05) is 6.54 Å². The first kappa shape index (κ1) is 12.0. The van der Waals surface area contributed by atoms with Gasteiger partial charge in [-0.1, -0.05) is 0 Å². The topological polar surface area (TPSA) is 29.9 Å². The molecule has 0 unspecified atom stereocenters. The summed E-state index contributed by atoms with van der Waals surface area (Å²) in [7, 11) is 1.77. The Morgan fingerprint density at radius 3 is 2.60 bits per heavy atom. The molecule has 0 aliphatic carbocycles. The fourth-order valence-corrected chi connectivity index (χ4v) is 1.28. The average Bonchev–Trinajstić information content (AvgIpc) is 2.37. The van der Waals surface area contributed by atoms with Gasteiger partial charge >= 0.3 is 6.18 Å². The Bertz CT molecular complexity index is 317. The van der Waals surface area contributed by atoms with E-state index in [2.05, 4.69) is 10.4 Å². The lowest BCUT2D eigenvalue weighted by Gasteiger charge is -2.07. The van der Waals surface area contributed by atoms with Gasteiger partial charge in [0.05, 0.1) is 17.8 Å². The van der Waals surface area contributed by atoms with Crippen LogP contribution in [0.15, 0.2) is 6.07 Å². The molecule has 0 aliphatic rings. The smallest absolute Gasteiger partial charge is 0.311 e. The zero-order valence-corrected chi connectivity index (χ0v) is 8.73. The highest BCUT2D eigenvalue weighted by Crippen LogP contribution is 2.18. The number of halogens is 3. The van der Waals surface area contributed by atoms with Crippen LogP contribution in [-0.4, -0.2) is 22.5 Å².